The highest BCUT2D eigenvalue weighted by Crippen LogP contribution is 2.35. The fraction of sp³-hybridized carbons (Fsp3) is 0.167. The van der Waals surface area contributed by atoms with Crippen molar-refractivity contribution in [1.82, 2.24) is 5.43 Å². The van der Waals surface area contributed by atoms with Crippen LogP contribution >= 0.6 is 11.6 Å². The van der Waals surface area contributed by atoms with Crippen molar-refractivity contribution in [2.24, 2.45) is 5.10 Å². The van der Waals surface area contributed by atoms with E-state index in [4.69, 9.17) is 21.1 Å². The third kappa shape index (κ3) is 4.97. The summed E-state index contributed by atoms with van der Waals surface area (Å²) >= 11 is 6.12. The van der Waals surface area contributed by atoms with Crippen molar-refractivity contribution >= 4 is 35.3 Å². The standard InChI is InChI=1S/C18H18ClN3O4/c1-11(23)21-14-6-4-5-13(9-14)18(24)22-20-10-12-7-15(19)17(26-3)16(8-12)25-2/h4-10H,1-3H3,(H,21,23)(H,22,24). The number of benzene rings is 2. The van der Waals surface area contributed by atoms with Crippen molar-refractivity contribution in [2.75, 3.05) is 19.5 Å². The van der Waals surface area contributed by atoms with Gasteiger partial charge in [-0.25, -0.2) is 5.43 Å². The first kappa shape index (κ1) is 19.3. The zero-order chi connectivity index (χ0) is 19.1. The maximum atomic E-state index is 12.2. The highest BCUT2D eigenvalue weighted by Gasteiger charge is 2.10. The van der Waals surface area contributed by atoms with E-state index in [0.717, 1.165) is 0 Å². The Morgan fingerprint density at radius 3 is 2.58 bits per heavy atom. The Labute approximate surface area is 155 Å². The van der Waals surface area contributed by atoms with E-state index in [1.54, 1.807) is 36.4 Å². The molecule has 2 rings (SSSR count). The highest BCUT2D eigenvalue weighted by molar-refractivity contribution is 6.32. The Morgan fingerprint density at radius 2 is 1.92 bits per heavy atom. The minimum atomic E-state index is -0.417. The van der Waals surface area contributed by atoms with Crippen LogP contribution in [0.15, 0.2) is 41.5 Å². The van der Waals surface area contributed by atoms with Crippen molar-refractivity contribution < 1.29 is 19.1 Å². The maximum Gasteiger partial charge on any atom is 0.271 e. The van der Waals surface area contributed by atoms with E-state index < -0.39 is 5.91 Å². The van der Waals surface area contributed by atoms with E-state index in [9.17, 15) is 9.59 Å². The average Bonchev–Trinajstić information content (AvgIpc) is 2.60. The number of anilines is 1. The number of hydrogen-bond acceptors (Lipinski definition) is 5. The van der Waals surface area contributed by atoms with E-state index in [1.807, 2.05) is 0 Å². The Hall–Kier alpha value is -3.06. The van der Waals surface area contributed by atoms with Crippen LogP contribution in [-0.4, -0.2) is 32.2 Å². The monoisotopic (exact) mass is 375 g/mol. The Balaban J connectivity index is 2.10. The van der Waals surface area contributed by atoms with Gasteiger partial charge < -0.3 is 14.8 Å². The fourth-order valence-electron chi connectivity index (χ4n) is 2.18. The lowest BCUT2D eigenvalue weighted by atomic mass is 10.2. The lowest BCUT2D eigenvalue weighted by Gasteiger charge is -2.10. The zero-order valence-electron chi connectivity index (χ0n) is 14.5. The van der Waals surface area contributed by atoms with Crippen LogP contribution in [0.5, 0.6) is 11.5 Å². The molecule has 2 aromatic carbocycles. The van der Waals surface area contributed by atoms with E-state index in [1.165, 1.54) is 27.4 Å². The number of rotatable bonds is 6. The molecule has 0 aliphatic heterocycles. The number of hydrogen-bond donors (Lipinski definition) is 2. The number of carbonyl (C=O) groups excluding carboxylic acids is 2. The quantitative estimate of drug-likeness (QED) is 0.599. The predicted molar refractivity (Wildman–Crippen MR) is 100 cm³/mol. The first-order valence-corrected chi connectivity index (χ1v) is 7.95. The highest BCUT2D eigenvalue weighted by atomic mass is 35.5. The maximum absolute atomic E-state index is 12.2. The molecule has 7 nitrogen and oxygen atoms in total. The second kappa shape index (κ2) is 8.87. The molecule has 26 heavy (non-hydrogen) atoms. The molecule has 0 radical (unpaired) electrons. The minimum absolute atomic E-state index is 0.217. The van der Waals surface area contributed by atoms with Crippen LogP contribution in [0.2, 0.25) is 5.02 Å². The Bertz CT molecular complexity index is 852. The van der Waals surface area contributed by atoms with Crippen molar-refractivity contribution in [1.29, 1.82) is 0 Å². The number of methoxy groups -OCH3 is 2. The number of halogens is 1. The van der Waals surface area contributed by atoms with Gasteiger partial charge in [0.1, 0.15) is 0 Å². The summed E-state index contributed by atoms with van der Waals surface area (Å²) in [7, 11) is 2.99. The summed E-state index contributed by atoms with van der Waals surface area (Å²) in [6, 6.07) is 9.84. The zero-order valence-corrected chi connectivity index (χ0v) is 15.3. The average molecular weight is 376 g/mol. The largest absolute Gasteiger partial charge is 0.493 e. The van der Waals surface area contributed by atoms with Crippen molar-refractivity contribution in [3.8, 4) is 11.5 Å². The molecule has 2 N–H and O–H groups in total. The van der Waals surface area contributed by atoms with Gasteiger partial charge in [0.05, 0.1) is 25.5 Å². The van der Waals surface area contributed by atoms with Gasteiger partial charge in [-0.1, -0.05) is 17.7 Å². The molecule has 0 unspecified atom stereocenters. The third-order valence-corrected chi connectivity index (χ3v) is 3.56. The molecule has 0 spiro atoms. The van der Waals surface area contributed by atoms with Crippen LogP contribution in [0.25, 0.3) is 0 Å². The van der Waals surface area contributed by atoms with Crippen molar-refractivity contribution in [3.63, 3.8) is 0 Å². The summed E-state index contributed by atoms with van der Waals surface area (Å²) < 4.78 is 10.4. The predicted octanol–water partition coefficient (Wildman–Crippen LogP) is 3.08. The molecule has 0 atom stereocenters. The van der Waals surface area contributed by atoms with Gasteiger partial charge in [0.25, 0.3) is 5.91 Å². The first-order valence-electron chi connectivity index (χ1n) is 7.57. The second-order valence-electron chi connectivity index (χ2n) is 5.20. The molecule has 2 amide bonds. The molecule has 0 aliphatic rings. The summed E-state index contributed by atoms with van der Waals surface area (Å²) in [5.41, 5.74) is 3.93. The summed E-state index contributed by atoms with van der Waals surface area (Å²) in [5, 5.41) is 6.89. The van der Waals surface area contributed by atoms with Crippen LogP contribution < -0.4 is 20.2 Å². The molecule has 0 aliphatic carbocycles. The number of nitrogens with zero attached hydrogens (tertiary/aromatic N) is 1. The van der Waals surface area contributed by atoms with Gasteiger partial charge in [-0.05, 0) is 35.9 Å². The lowest BCUT2D eigenvalue weighted by Crippen LogP contribution is -2.18. The number of carbonyl (C=O) groups is 2. The molecule has 2 aromatic rings. The SMILES string of the molecule is COc1cc(C=NNC(=O)c2cccc(NC(C)=O)c2)cc(Cl)c1OC. The van der Waals surface area contributed by atoms with Gasteiger partial charge in [-0.15, -0.1) is 0 Å². The Morgan fingerprint density at radius 1 is 1.15 bits per heavy atom. The molecular formula is C18H18ClN3O4. The lowest BCUT2D eigenvalue weighted by molar-refractivity contribution is -0.114. The molecule has 0 bridgehead atoms. The third-order valence-electron chi connectivity index (χ3n) is 3.28. The van der Waals surface area contributed by atoms with Gasteiger partial charge >= 0.3 is 0 Å². The molecule has 0 saturated carbocycles. The van der Waals surface area contributed by atoms with Crippen LogP contribution in [0.4, 0.5) is 5.69 Å². The van der Waals surface area contributed by atoms with Gasteiger partial charge in [-0.3, -0.25) is 9.59 Å². The molecule has 0 saturated heterocycles. The molecule has 0 aromatic heterocycles. The van der Waals surface area contributed by atoms with Crippen LogP contribution in [0.3, 0.4) is 0 Å². The molecule has 0 fully saturated rings. The molecule has 0 heterocycles. The summed E-state index contributed by atoms with van der Waals surface area (Å²) in [6.45, 7) is 1.39. The second-order valence-corrected chi connectivity index (χ2v) is 5.61. The fourth-order valence-corrected chi connectivity index (χ4v) is 2.48. The van der Waals surface area contributed by atoms with Crippen molar-refractivity contribution in [3.05, 3.63) is 52.5 Å². The van der Waals surface area contributed by atoms with E-state index in [2.05, 4.69) is 15.8 Å². The molecule has 8 heteroatoms. The van der Waals surface area contributed by atoms with Crippen LogP contribution in [0, 0.1) is 0 Å². The van der Waals surface area contributed by atoms with Gasteiger partial charge in [0.2, 0.25) is 5.91 Å². The smallest absolute Gasteiger partial charge is 0.271 e. The summed E-state index contributed by atoms with van der Waals surface area (Å²) in [6.07, 6.45) is 1.43. The molecular weight excluding hydrogens is 358 g/mol. The van der Waals surface area contributed by atoms with Crippen LogP contribution in [-0.2, 0) is 4.79 Å². The number of ether oxygens (including phenoxy) is 2. The van der Waals surface area contributed by atoms with E-state index in [-0.39, 0.29) is 5.91 Å². The first-order chi connectivity index (χ1) is 12.4. The molecule has 136 valence electrons. The van der Waals surface area contributed by atoms with Crippen molar-refractivity contribution in [2.45, 2.75) is 6.92 Å². The normalized spacial score (nSPS) is 10.5. The van der Waals surface area contributed by atoms with Gasteiger partial charge in [-0.2, -0.15) is 5.10 Å². The Kier molecular flexibility index (Phi) is 6.57. The van der Waals surface area contributed by atoms with Gasteiger partial charge in [0.15, 0.2) is 11.5 Å². The minimum Gasteiger partial charge on any atom is -0.493 e. The summed E-state index contributed by atoms with van der Waals surface area (Å²) in [4.78, 5) is 23.2. The van der Waals surface area contributed by atoms with E-state index >= 15 is 0 Å². The number of nitrogens with one attached hydrogen (secondary N) is 2. The van der Waals surface area contributed by atoms with Gasteiger partial charge in [0, 0.05) is 18.2 Å². The summed E-state index contributed by atoms with van der Waals surface area (Å²) in [5.74, 6) is 0.242. The number of hydrazone groups is 1. The van der Waals surface area contributed by atoms with Crippen LogP contribution in [0.1, 0.15) is 22.8 Å². The van der Waals surface area contributed by atoms with E-state index in [0.29, 0.717) is 33.3 Å². The topological polar surface area (TPSA) is 89.0 Å². The number of amides is 2.